The maximum atomic E-state index is 11.4. The molecule has 0 bridgehead atoms. The first kappa shape index (κ1) is 15.6. The lowest BCUT2D eigenvalue weighted by Crippen LogP contribution is -2.22. The highest BCUT2D eigenvalue weighted by atomic mass is 16.6. The second-order valence-electron chi connectivity index (χ2n) is 4.96. The van der Waals surface area contributed by atoms with Crippen LogP contribution in [0.2, 0.25) is 0 Å². The fourth-order valence-electron chi connectivity index (χ4n) is 1.98. The third kappa shape index (κ3) is 3.67. The number of hydrogen-bond acceptors (Lipinski definition) is 7. The minimum absolute atomic E-state index is 0.123. The van der Waals surface area contributed by atoms with Gasteiger partial charge in [-0.3, -0.25) is 15.5 Å². The van der Waals surface area contributed by atoms with Gasteiger partial charge in [-0.15, -0.1) is 0 Å². The largest absolute Gasteiger partial charge is 0.358 e. The van der Waals surface area contributed by atoms with Crippen molar-refractivity contribution in [3.8, 4) is 0 Å². The van der Waals surface area contributed by atoms with Crippen LogP contribution in [0.25, 0.3) is 0 Å². The predicted molar refractivity (Wildman–Crippen MR) is 84.5 cm³/mol. The lowest BCUT2D eigenvalue weighted by molar-refractivity contribution is -0.383. The highest BCUT2D eigenvalue weighted by Gasteiger charge is 2.24. The van der Waals surface area contributed by atoms with Crippen LogP contribution in [0.1, 0.15) is 18.5 Å². The summed E-state index contributed by atoms with van der Waals surface area (Å²) in [7, 11) is 3.46. The zero-order chi connectivity index (χ0) is 16.1. The maximum absolute atomic E-state index is 11.4. The van der Waals surface area contributed by atoms with Crippen molar-refractivity contribution in [3.05, 3.63) is 52.3 Å². The Kier molecular flexibility index (Phi) is 4.84. The Morgan fingerprint density at radius 1 is 1.18 bits per heavy atom. The molecule has 0 spiro atoms. The average molecular weight is 302 g/mol. The van der Waals surface area contributed by atoms with Crippen LogP contribution in [0.4, 0.5) is 17.3 Å². The molecule has 116 valence electrons. The minimum atomic E-state index is -0.494. The Hall–Kier alpha value is -2.74. The van der Waals surface area contributed by atoms with Gasteiger partial charge in [-0.05, 0) is 12.5 Å². The molecule has 1 unspecified atom stereocenters. The van der Waals surface area contributed by atoms with E-state index in [-0.39, 0.29) is 23.4 Å². The molecule has 2 rings (SSSR count). The number of nitrogens with zero attached hydrogens (tertiary/aromatic N) is 4. The summed E-state index contributed by atoms with van der Waals surface area (Å²) in [6.45, 7) is 1.92. The van der Waals surface area contributed by atoms with Gasteiger partial charge >= 0.3 is 5.69 Å². The fourth-order valence-corrected chi connectivity index (χ4v) is 1.98. The van der Waals surface area contributed by atoms with Crippen LogP contribution in [-0.2, 0) is 0 Å². The normalized spacial score (nSPS) is 12.0. The van der Waals surface area contributed by atoms with Crippen LogP contribution in [-0.4, -0.2) is 34.0 Å². The molecule has 8 heteroatoms. The predicted octanol–water partition coefficient (Wildman–Crippen LogP) is 2.45. The number of hydrazine groups is 1. The molecule has 1 aromatic carbocycles. The molecule has 2 aromatic rings. The molecule has 1 aromatic heterocycles. The van der Waals surface area contributed by atoms with E-state index < -0.39 is 4.92 Å². The number of aromatic nitrogens is 2. The first-order chi connectivity index (χ1) is 10.5. The van der Waals surface area contributed by atoms with Crippen LogP contribution in [0.5, 0.6) is 0 Å². The smallest absolute Gasteiger partial charge is 0.354 e. The van der Waals surface area contributed by atoms with Crippen LogP contribution < -0.4 is 10.7 Å². The molecule has 8 nitrogen and oxygen atoms in total. The van der Waals surface area contributed by atoms with Gasteiger partial charge < -0.3 is 5.32 Å². The van der Waals surface area contributed by atoms with E-state index in [1.165, 1.54) is 6.33 Å². The van der Waals surface area contributed by atoms with Gasteiger partial charge in [-0.1, -0.05) is 30.3 Å². The molecular formula is C14H18N6O2. The van der Waals surface area contributed by atoms with Gasteiger partial charge in [0.25, 0.3) is 0 Å². The fraction of sp³-hybridized carbons (Fsp3) is 0.286. The lowest BCUT2D eigenvalue weighted by Gasteiger charge is -2.17. The topological polar surface area (TPSA) is 96.2 Å². The minimum Gasteiger partial charge on any atom is -0.358 e. The van der Waals surface area contributed by atoms with Gasteiger partial charge in [0.1, 0.15) is 6.33 Å². The van der Waals surface area contributed by atoms with Gasteiger partial charge in [0.05, 0.1) is 11.0 Å². The Labute approximate surface area is 128 Å². The molecule has 22 heavy (non-hydrogen) atoms. The summed E-state index contributed by atoms with van der Waals surface area (Å²) in [5.74, 6) is 0.327. The van der Waals surface area contributed by atoms with E-state index in [1.54, 1.807) is 19.1 Å². The third-order valence-corrected chi connectivity index (χ3v) is 2.99. The van der Waals surface area contributed by atoms with E-state index in [4.69, 9.17) is 0 Å². The van der Waals surface area contributed by atoms with E-state index >= 15 is 0 Å². The molecule has 0 radical (unpaired) electrons. The molecule has 0 aliphatic carbocycles. The number of hydrogen-bond donors (Lipinski definition) is 2. The molecule has 0 aliphatic heterocycles. The molecule has 0 saturated carbocycles. The van der Waals surface area contributed by atoms with E-state index in [9.17, 15) is 10.1 Å². The quantitative estimate of drug-likeness (QED) is 0.625. The summed E-state index contributed by atoms with van der Waals surface area (Å²) in [4.78, 5) is 18.8. The van der Waals surface area contributed by atoms with Gasteiger partial charge in [0, 0.05) is 14.1 Å². The lowest BCUT2D eigenvalue weighted by atomic mass is 10.1. The highest BCUT2D eigenvalue weighted by Crippen LogP contribution is 2.31. The summed E-state index contributed by atoms with van der Waals surface area (Å²) in [5.41, 5.74) is 3.64. The monoisotopic (exact) mass is 302 g/mol. The SMILES string of the molecule is CC(Nc1ncnc(NN(C)C)c1[N+](=O)[O-])c1ccccc1. The first-order valence-electron chi connectivity index (χ1n) is 6.74. The van der Waals surface area contributed by atoms with Crippen molar-refractivity contribution >= 4 is 17.3 Å². The van der Waals surface area contributed by atoms with E-state index in [0.29, 0.717) is 0 Å². The van der Waals surface area contributed by atoms with Crippen LogP contribution in [0.3, 0.4) is 0 Å². The van der Waals surface area contributed by atoms with Crippen molar-refractivity contribution < 1.29 is 4.92 Å². The number of nitrogens with one attached hydrogen (secondary N) is 2. The number of rotatable bonds is 6. The maximum Gasteiger partial charge on any atom is 0.354 e. The second-order valence-corrected chi connectivity index (χ2v) is 4.96. The summed E-state index contributed by atoms with van der Waals surface area (Å²) in [6, 6.07) is 9.53. The molecule has 2 N–H and O–H groups in total. The molecule has 0 saturated heterocycles. The summed E-state index contributed by atoms with van der Waals surface area (Å²) in [6.07, 6.45) is 1.29. The van der Waals surface area contributed by atoms with Gasteiger partial charge in [0.15, 0.2) is 0 Å². The number of anilines is 2. The van der Waals surface area contributed by atoms with Crippen molar-refractivity contribution in [2.45, 2.75) is 13.0 Å². The Morgan fingerprint density at radius 3 is 2.41 bits per heavy atom. The average Bonchev–Trinajstić information content (AvgIpc) is 2.47. The molecule has 1 atom stereocenters. The number of nitro groups is 1. The third-order valence-electron chi connectivity index (χ3n) is 2.99. The van der Waals surface area contributed by atoms with Crippen molar-refractivity contribution in [1.29, 1.82) is 0 Å². The Morgan fingerprint density at radius 2 is 1.82 bits per heavy atom. The van der Waals surface area contributed by atoms with E-state index in [0.717, 1.165) is 5.56 Å². The molecule has 0 aliphatic rings. The molecule has 1 heterocycles. The first-order valence-corrected chi connectivity index (χ1v) is 6.74. The highest BCUT2D eigenvalue weighted by molar-refractivity contribution is 5.69. The van der Waals surface area contributed by atoms with Crippen molar-refractivity contribution in [1.82, 2.24) is 15.0 Å². The van der Waals surface area contributed by atoms with Crippen LogP contribution in [0, 0.1) is 10.1 Å². The summed E-state index contributed by atoms with van der Waals surface area (Å²) >= 11 is 0. The van der Waals surface area contributed by atoms with Gasteiger partial charge in [-0.25, -0.2) is 15.0 Å². The van der Waals surface area contributed by atoms with E-state index in [2.05, 4.69) is 20.7 Å². The van der Waals surface area contributed by atoms with Gasteiger partial charge in [-0.2, -0.15) is 0 Å². The summed E-state index contributed by atoms with van der Waals surface area (Å²) in [5, 5.41) is 16.0. The van der Waals surface area contributed by atoms with E-state index in [1.807, 2.05) is 37.3 Å². The van der Waals surface area contributed by atoms with Crippen LogP contribution in [0.15, 0.2) is 36.7 Å². The summed E-state index contributed by atoms with van der Waals surface area (Å²) < 4.78 is 0. The standard InChI is InChI=1S/C14H18N6O2/c1-10(11-7-5-4-6-8-11)17-13-12(20(21)22)14(16-9-15-13)18-19(2)3/h4-10H,1-3H3,(H2,15,16,17,18). The van der Waals surface area contributed by atoms with Crippen molar-refractivity contribution in [3.63, 3.8) is 0 Å². The zero-order valence-electron chi connectivity index (χ0n) is 12.6. The van der Waals surface area contributed by atoms with Gasteiger partial charge in [0.2, 0.25) is 11.6 Å². The Balaban J connectivity index is 2.32. The molecule has 0 fully saturated rings. The number of benzene rings is 1. The second kappa shape index (κ2) is 6.81. The Bertz CT molecular complexity index is 647. The van der Waals surface area contributed by atoms with Crippen molar-refractivity contribution in [2.24, 2.45) is 0 Å². The van der Waals surface area contributed by atoms with Crippen LogP contribution >= 0.6 is 0 Å². The molecule has 0 amide bonds. The zero-order valence-corrected chi connectivity index (χ0v) is 12.6. The van der Waals surface area contributed by atoms with Crippen molar-refractivity contribution in [2.75, 3.05) is 24.8 Å². The molecular weight excluding hydrogens is 284 g/mol.